The van der Waals surface area contributed by atoms with Crippen molar-refractivity contribution in [1.29, 1.82) is 0 Å². The number of nitrogens with one attached hydrogen (secondary N) is 1. The maximum Gasteiger partial charge on any atom is 0.358 e. The number of fused-ring (bicyclic) bond motifs is 1. The molecule has 2 heterocycles. The molecule has 0 unspecified atom stereocenters. The first-order valence-electron chi connectivity index (χ1n) is 5.06. The Bertz CT molecular complexity index is 565. The molecule has 0 aliphatic rings. The second-order valence-electron chi connectivity index (χ2n) is 3.50. The molecule has 0 aliphatic carbocycles. The lowest BCUT2D eigenvalue weighted by atomic mass is 10.3. The van der Waals surface area contributed by atoms with Gasteiger partial charge >= 0.3 is 5.97 Å². The Morgan fingerprint density at radius 2 is 2.41 bits per heavy atom. The van der Waals surface area contributed by atoms with Gasteiger partial charge in [-0.1, -0.05) is 11.6 Å². The lowest BCUT2D eigenvalue weighted by molar-refractivity contribution is 0.0597. The van der Waals surface area contributed by atoms with E-state index in [-0.39, 0.29) is 5.69 Å². The smallest absolute Gasteiger partial charge is 0.358 e. The first-order valence-corrected chi connectivity index (χ1v) is 5.44. The van der Waals surface area contributed by atoms with Gasteiger partial charge in [0, 0.05) is 11.2 Å². The van der Waals surface area contributed by atoms with Crippen LogP contribution in [0.25, 0.3) is 5.52 Å². The van der Waals surface area contributed by atoms with E-state index in [4.69, 9.17) is 16.3 Å². The maximum absolute atomic E-state index is 11.6. The second kappa shape index (κ2) is 4.73. The number of ether oxygens (including phenoxy) is 1. The van der Waals surface area contributed by atoms with Crippen molar-refractivity contribution in [2.24, 2.45) is 0 Å². The molecule has 0 fully saturated rings. The summed E-state index contributed by atoms with van der Waals surface area (Å²) in [5.41, 5.74) is 0.926. The van der Waals surface area contributed by atoms with Crippen LogP contribution in [0, 0.1) is 0 Å². The predicted octanol–water partition coefficient (Wildman–Crippen LogP) is 1.49. The number of rotatable bonds is 3. The van der Waals surface area contributed by atoms with Crippen molar-refractivity contribution in [2.75, 3.05) is 14.2 Å². The normalized spacial score (nSPS) is 10.8. The van der Waals surface area contributed by atoms with E-state index in [2.05, 4.69) is 10.3 Å². The molecule has 1 N–H and O–H groups in total. The standard InChI is InChI=1S/C11H12ClN3O2/c1-13-6-9-14-10(11(16)17-2)8-5-7(12)3-4-15(8)9/h3-5,13H,6H2,1-2H3. The van der Waals surface area contributed by atoms with Crippen LogP contribution in [0.15, 0.2) is 18.3 Å². The van der Waals surface area contributed by atoms with Gasteiger partial charge in [-0.15, -0.1) is 0 Å². The Kier molecular flexibility index (Phi) is 3.31. The van der Waals surface area contributed by atoms with Gasteiger partial charge in [0.1, 0.15) is 5.82 Å². The molecule has 17 heavy (non-hydrogen) atoms. The van der Waals surface area contributed by atoms with E-state index in [1.165, 1.54) is 7.11 Å². The quantitative estimate of drug-likeness (QED) is 0.843. The minimum absolute atomic E-state index is 0.278. The van der Waals surface area contributed by atoms with E-state index in [1.54, 1.807) is 18.3 Å². The zero-order valence-electron chi connectivity index (χ0n) is 9.53. The Hall–Kier alpha value is -1.59. The summed E-state index contributed by atoms with van der Waals surface area (Å²) in [5, 5.41) is 3.55. The van der Waals surface area contributed by atoms with Gasteiger partial charge in [-0.25, -0.2) is 9.78 Å². The first-order chi connectivity index (χ1) is 8.17. The summed E-state index contributed by atoms with van der Waals surface area (Å²) in [6.45, 7) is 0.555. The minimum atomic E-state index is -0.466. The third kappa shape index (κ3) is 2.11. The number of hydrogen-bond acceptors (Lipinski definition) is 4. The SMILES string of the molecule is CNCc1nc(C(=O)OC)c2cc(Cl)ccn12. The number of halogens is 1. The fourth-order valence-corrected chi connectivity index (χ4v) is 1.81. The monoisotopic (exact) mass is 253 g/mol. The zero-order chi connectivity index (χ0) is 12.4. The summed E-state index contributed by atoms with van der Waals surface area (Å²) in [7, 11) is 3.14. The van der Waals surface area contributed by atoms with Crippen molar-refractivity contribution in [2.45, 2.75) is 6.54 Å². The summed E-state index contributed by atoms with van der Waals surface area (Å²) >= 11 is 5.92. The molecule has 0 saturated carbocycles. The van der Waals surface area contributed by atoms with Crippen molar-refractivity contribution in [3.8, 4) is 0 Å². The number of hydrogen-bond donors (Lipinski definition) is 1. The minimum Gasteiger partial charge on any atom is -0.464 e. The average molecular weight is 254 g/mol. The molecule has 0 aliphatic heterocycles. The summed E-state index contributed by atoms with van der Waals surface area (Å²) < 4.78 is 6.51. The topological polar surface area (TPSA) is 55.6 Å². The number of imidazole rings is 1. The molecular formula is C11H12ClN3O2. The summed E-state index contributed by atoms with van der Waals surface area (Å²) in [6, 6.07) is 3.44. The van der Waals surface area contributed by atoms with Crippen molar-refractivity contribution in [1.82, 2.24) is 14.7 Å². The van der Waals surface area contributed by atoms with Crippen LogP contribution in [0.2, 0.25) is 5.02 Å². The van der Waals surface area contributed by atoms with E-state index in [1.807, 2.05) is 11.4 Å². The Morgan fingerprint density at radius 1 is 1.65 bits per heavy atom. The molecule has 2 rings (SSSR count). The number of carbonyl (C=O) groups excluding carboxylic acids is 1. The Balaban J connectivity index is 2.66. The van der Waals surface area contributed by atoms with Crippen LogP contribution < -0.4 is 5.32 Å². The van der Waals surface area contributed by atoms with Crippen LogP contribution in [0.4, 0.5) is 0 Å². The van der Waals surface area contributed by atoms with Crippen LogP contribution in [-0.2, 0) is 11.3 Å². The molecule has 0 saturated heterocycles. The molecule has 0 amide bonds. The van der Waals surface area contributed by atoms with Gasteiger partial charge < -0.3 is 14.5 Å². The van der Waals surface area contributed by atoms with Gasteiger partial charge in [-0.05, 0) is 19.2 Å². The second-order valence-corrected chi connectivity index (χ2v) is 3.94. The van der Waals surface area contributed by atoms with Gasteiger partial charge in [-0.3, -0.25) is 0 Å². The van der Waals surface area contributed by atoms with Crippen molar-refractivity contribution < 1.29 is 9.53 Å². The van der Waals surface area contributed by atoms with Crippen LogP contribution >= 0.6 is 11.6 Å². The summed E-state index contributed by atoms with van der Waals surface area (Å²) in [5.74, 6) is 0.270. The number of methoxy groups -OCH3 is 1. The lowest BCUT2D eigenvalue weighted by Gasteiger charge is -2.00. The van der Waals surface area contributed by atoms with Crippen LogP contribution in [0.5, 0.6) is 0 Å². The summed E-state index contributed by atoms with van der Waals surface area (Å²) in [6.07, 6.45) is 1.78. The molecule has 0 spiro atoms. The van der Waals surface area contributed by atoms with E-state index in [0.717, 1.165) is 5.82 Å². The van der Waals surface area contributed by atoms with Crippen molar-refractivity contribution in [3.05, 3.63) is 34.9 Å². The van der Waals surface area contributed by atoms with E-state index >= 15 is 0 Å². The van der Waals surface area contributed by atoms with E-state index < -0.39 is 5.97 Å². The van der Waals surface area contributed by atoms with Crippen LogP contribution in [0.1, 0.15) is 16.3 Å². The highest BCUT2D eigenvalue weighted by Gasteiger charge is 2.17. The molecule has 90 valence electrons. The predicted molar refractivity (Wildman–Crippen MR) is 64.3 cm³/mol. The van der Waals surface area contributed by atoms with E-state index in [9.17, 15) is 4.79 Å². The number of carbonyl (C=O) groups is 1. The zero-order valence-corrected chi connectivity index (χ0v) is 10.3. The highest BCUT2D eigenvalue weighted by Crippen LogP contribution is 2.18. The fourth-order valence-electron chi connectivity index (χ4n) is 1.65. The first kappa shape index (κ1) is 11.9. The molecule has 0 aromatic carbocycles. The van der Waals surface area contributed by atoms with Gasteiger partial charge in [-0.2, -0.15) is 0 Å². The van der Waals surface area contributed by atoms with Gasteiger partial charge in [0.2, 0.25) is 0 Å². The van der Waals surface area contributed by atoms with Crippen LogP contribution in [-0.4, -0.2) is 29.5 Å². The highest BCUT2D eigenvalue weighted by molar-refractivity contribution is 6.31. The van der Waals surface area contributed by atoms with Crippen molar-refractivity contribution >= 4 is 23.1 Å². The molecule has 0 bridgehead atoms. The number of nitrogens with zero attached hydrogens (tertiary/aromatic N) is 2. The Labute approximate surface area is 103 Å². The number of aromatic nitrogens is 2. The van der Waals surface area contributed by atoms with Crippen molar-refractivity contribution in [3.63, 3.8) is 0 Å². The molecule has 6 heteroatoms. The third-order valence-electron chi connectivity index (χ3n) is 2.39. The number of esters is 1. The molecule has 5 nitrogen and oxygen atoms in total. The number of pyridine rings is 1. The Morgan fingerprint density at radius 3 is 3.06 bits per heavy atom. The fraction of sp³-hybridized carbons (Fsp3) is 0.273. The third-order valence-corrected chi connectivity index (χ3v) is 2.63. The molecular weight excluding hydrogens is 242 g/mol. The van der Waals surface area contributed by atoms with Gasteiger partial charge in [0.15, 0.2) is 5.69 Å². The molecule has 0 radical (unpaired) electrons. The molecule has 2 aromatic heterocycles. The molecule has 2 aromatic rings. The van der Waals surface area contributed by atoms with E-state index in [0.29, 0.717) is 17.1 Å². The molecule has 0 atom stereocenters. The van der Waals surface area contributed by atoms with Crippen LogP contribution in [0.3, 0.4) is 0 Å². The summed E-state index contributed by atoms with van der Waals surface area (Å²) in [4.78, 5) is 15.9. The van der Waals surface area contributed by atoms with Gasteiger partial charge in [0.25, 0.3) is 0 Å². The highest BCUT2D eigenvalue weighted by atomic mass is 35.5. The van der Waals surface area contributed by atoms with Gasteiger partial charge in [0.05, 0.1) is 19.2 Å². The maximum atomic E-state index is 11.6. The lowest BCUT2D eigenvalue weighted by Crippen LogP contribution is -2.09. The largest absolute Gasteiger partial charge is 0.464 e. The average Bonchev–Trinajstić information content (AvgIpc) is 2.67.